The zero-order chi connectivity index (χ0) is 16.6. The Bertz CT molecular complexity index is 875. The van der Waals surface area contributed by atoms with Crippen LogP contribution in [0.15, 0.2) is 30.5 Å². The number of benzene rings is 1. The summed E-state index contributed by atoms with van der Waals surface area (Å²) >= 11 is 0. The molecule has 0 saturated heterocycles. The Morgan fingerprint density at radius 1 is 1.26 bits per heavy atom. The van der Waals surface area contributed by atoms with E-state index in [0.29, 0.717) is 5.69 Å². The second kappa shape index (κ2) is 5.66. The van der Waals surface area contributed by atoms with Gasteiger partial charge in [0.05, 0.1) is 24.2 Å². The summed E-state index contributed by atoms with van der Waals surface area (Å²) in [5.74, 6) is -0.299. The van der Waals surface area contributed by atoms with E-state index in [1.165, 1.54) is 0 Å². The Hall–Kier alpha value is -2.40. The zero-order valence-corrected chi connectivity index (χ0v) is 13.5. The third-order valence-corrected chi connectivity index (χ3v) is 3.58. The Labute approximate surface area is 134 Å². The molecule has 0 aliphatic heterocycles. The number of pyridine rings is 1. The number of aromatic nitrogens is 2. The van der Waals surface area contributed by atoms with Gasteiger partial charge in [0, 0.05) is 22.5 Å². The number of aromatic amines is 1. The van der Waals surface area contributed by atoms with Crippen molar-refractivity contribution in [1.29, 1.82) is 0 Å². The van der Waals surface area contributed by atoms with Gasteiger partial charge in [-0.2, -0.15) is 0 Å². The van der Waals surface area contributed by atoms with E-state index in [2.05, 4.69) is 9.97 Å². The average Bonchev–Trinajstić information content (AvgIpc) is 2.84. The molecule has 2 heterocycles. The monoisotopic (exact) mass is 312 g/mol. The SMILES string of the molecule is CC(C)(C)OC(=O)Cc1nccc2c1[nH]c1cc(CO)ccc12. The first-order valence-corrected chi connectivity index (χ1v) is 7.58. The highest BCUT2D eigenvalue weighted by molar-refractivity contribution is 6.08. The summed E-state index contributed by atoms with van der Waals surface area (Å²) in [4.78, 5) is 19.7. The van der Waals surface area contributed by atoms with E-state index in [4.69, 9.17) is 4.74 Å². The van der Waals surface area contributed by atoms with Crippen molar-refractivity contribution in [2.24, 2.45) is 0 Å². The van der Waals surface area contributed by atoms with Gasteiger partial charge in [-0.05, 0) is 38.5 Å². The van der Waals surface area contributed by atoms with Crippen LogP contribution in [0, 0.1) is 0 Å². The van der Waals surface area contributed by atoms with Crippen LogP contribution in [0.25, 0.3) is 21.8 Å². The average molecular weight is 312 g/mol. The molecule has 0 radical (unpaired) electrons. The normalized spacial score (nSPS) is 12.0. The van der Waals surface area contributed by atoms with Gasteiger partial charge in [-0.1, -0.05) is 12.1 Å². The van der Waals surface area contributed by atoms with Gasteiger partial charge in [-0.25, -0.2) is 0 Å². The molecule has 2 aromatic heterocycles. The minimum absolute atomic E-state index is 0.00563. The van der Waals surface area contributed by atoms with Gasteiger partial charge in [-0.15, -0.1) is 0 Å². The maximum Gasteiger partial charge on any atom is 0.312 e. The molecular weight excluding hydrogens is 292 g/mol. The van der Waals surface area contributed by atoms with Gasteiger partial charge in [0.25, 0.3) is 0 Å². The minimum atomic E-state index is -0.512. The quantitative estimate of drug-likeness (QED) is 0.729. The maximum absolute atomic E-state index is 12.1. The summed E-state index contributed by atoms with van der Waals surface area (Å²) in [5.41, 5.74) is 2.75. The van der Waals surface area contributed by atoms with Gasteiger partial charge in [-0.3, -0.25) is 9.78 Å². The summed E-state index contributed by atoms with van der Waals surface area (Å²) in [6, 6.07) is 7.69. The lowest BCUT2D eigenvalue weighted by Gasteiger charge is -2.19. The molecule has 5 heteroatoms. The third kappa shape index (κ3) is 3.19. The second-order valence-electron chi connectivity index (χ2n) is 6.61. The van der Waals surface area contributed by atoms with Gasteiger partial charge >= 0.3 is 5.97 Å². The first-order valence-electron chi connectivity index (χ1n) is 7.58. The Morgan fingerprint density at radius 3 is 2.74 bits per heavy atom. The van der Waals surface area contributed by atoms with E-state index in [1.807, 2.05) is 45.0 Å². The third-order valence-electron chi connectivity index (χ3n) is 3.58. The predicted octanol–water partition coefficient (Wildman–Crippen LogP) is 3.09. The van der Waals surface area contributed by atoms with Crippen LogP contribution in [-0.2, 0) is 22.6 Å². The summed E-state index contributed by atoms with van der Waals surface area (Å²) in [5, 5.41) is 11.3. The molecule has 5 nitrogen and oxygen atoms in total. The Morgan fingerprint density at radius 2 is 2.04 bits per heavy atom. The summed E-state index contributed by atoms with van der Waals surface area (Å²) < 4.78 is 5.38. The number of rotatable bonds is 3. The summed E-state index contributed by atoms with van der Waals surface area (Å²) in [7, 11) is 0. The number of hydrogen-bond acceptors (Lipinski definition) is 4. The summed E-state index contributed by atoms with van der Waals surface area (Å²) in [6.45, 7) is 5.53. The van der Waals surface area contributed by atoms with Crippen LogP contribution >= 0.6 is 0 Å². The van der Waals surface area contributed by atoms with Crippen LogP contribution < -0.4 is 0 Å². The molecule has 0 unspecified atom stereocenters. The van der Waals surface area contributed by atoms with Crippen molar-refractivity contribution in [3.05, 3.63) is 41.7 Å². The first kappa shape index (κ1) is 15.5. The summed E-state index contributed by atoms with van der Waals surface area (Å²) in [6.07, 6.45) is 1.82. The van der Waals surface area contributed by atoms with Crippen LogP contribution in [0.3, 0.4) is 0 Å². The largest absolute Gasteiger partial charge is 0.460 e. The number of hydrogen-bond donors (Lipinski definition) is 2. The molecular formula is C18H20N2O3. The number of ether oxygens (including phenoxy) is 1. The highest BCUT2D eigenvalue weighted by Crippen LogP contribution is 2.28. The van der Waals surface area contributed by atoms with Crippen molar-refractivity contribution in [1.82, 2.24) is 9.97 Å². The fraction of sp³-hybridized carbons (Fsp3) is 0.333. The van der Waals surface area contributed by atoms with Gasteiger partial charge in [0.15, 0.2) is 0 Å². The number of nitrogens with one attached hydrogen (secondary N) is 1. The second-order valence-corrected chi connectivity index (χ2v) is 6.61. The van der Waals surface area contributed by atoms with E-state index in [1.54, 1.807) is 6.20 Å². The van der Waals surface area contributed by atoms with Gasteiger partial charge in [0.2, 0.25) is 0 Å². The number of aliphatic hydroxyl groups is 1. The Kier molecular flexibility index (Phi) is 3.82. The molecule has 1 aromatic carbocycles. The molecule has 0 aliphatic carbocycles. The minimum Gasteiger partial charge on any atom is -0.460 e. The van der Waals surface area contributed by atoms with Crippen molar-refractivity contribution in [3.8, 4) is 0 Å². The predicted molar refractivity (Wildman–Crippen MR) is 89.1 cm³/mol. The molecule has 0 saturated carbocycles. The smallest absolute Gasteiger partial charge is 0.312 e. The lowest BCUT2D eigenvalue weighted by molar-refractivity contribution is -0.153. The zero-order valence-electron chi connectivity index (χ0n) is 13.5. The first-order chi connectivity index (χ1) is 10.9. The number of H-pyrrole nitrogens is 1. The molecule has 3 rings (SSSR count). The van der Waals surface area contributed by atoms with Crippen molar-refractivity contribution in [2.45, 2.75) is 39.4 Å². The van der Waals surface area contributed by atoms with Crippen molar-refractivity contribution in [2.75, 3.05) is 0 Å². The standard InChI is InChI=1S/C18H20N2O3/c1-18(2,3)23-16(22)9-15-17-13(6-7-19-15)12-5-4-11(10-21)8-14(12)20-17/h4-8,20-21H,9-10H2,1-3H3. The molecule has 0 atom stereocenters. The van der Waals surface area contributed by atoms with Crippen LogP contribution in [0.5, 0.6) is 0 Å². The molecule has 0 spiro atoms. The lowest BCUT2D eigenvalue weighted by atomic mass is 10.1. The van der Waals surface area contributed by atoms with Crippen LogP contribution in [-0.4, -0.2) is 26.6 Å². The highest BCUT2D eigenvalue weighted by Gasteiger charge is 2.19. The van der Waals surface area contributed by atoms with E-state index >= 15 is 0 Å². The van der Waals surface area contributed by atoms with Crippen LogP contribution in [0.4, 0.5) is 0 Å². The van der Waals surface area contributed by atoms with E-state index in [-0.39, 0.29) is 19.0 Å². The van der Waals surface area contributed by atoms with E-state index in [9.17, 15) is 9.90 Å². The number of fused-ring (bicyclic) bond motifs is 3. The van der Waals surface area contributed by atoms with E-state index < -0.39 is 5.60 Å². The maximum atomic E-state index is 12.1. The molecule has 0 fully saturated rings. The number of carbonyl (C=O) groups is 1. The van der Waals surface area contributed by atoms with Gasteiger partial charge in [0.1, 0.15) is 5.60 Å². The van der Waals surface area contributed by atoms with Crippen molar-refractivity contribution < 1.29 is 14.6 Å². The van der Waals surface area contributed by atoms with Crippen LogP contribution in [0.1, 0.15) is 32.0 Å². The van der Waals surface area contributed by atoms with Crippen molar-refractivity contribution >= 4 is 27.8 Å². The molecule has 3 aromatic rings. The number of esters is 1. The number of nitrogens with zero attached hydrogens (tertiary/aromatic N) is 1. The molecule has 0 aliphatic rings. The lowest BCUT2D eigenvalue weighted by Crippen LogP contribution is -2.25. The fourth-order valence-electron chi connectivity index (χ4n) is 2.68. The molecule has 0 bridgehead atoms. The highest BCUT2D eigenvalue weighted by atomic mass is 16.6. The Balaban J connectivity index is 2.03. The molecule has 2 N–H and O–H groups in total. The number of aliphatic hydroxyl groups excluding tert-OH is 1. The number of carbonyl (C=O) groups excluding carboxylic acids is 1. The van der Waals surface area contributed by atoms with Crippen molar-refractivity contribution in [3.63, 3.8) is 0 Å². The fourth-order valence-corrected chi connectivity index (χ4v) is 2.68. The van der Waals surface area contributed by atoms with Crippen LogP contribution in [0.2, 0.25) is 0 Å². The molecule has 0 amide bonds. The van der Waals surface area contributed by atoms with Gasteiger partial charge < -0.3 is 14.8 Å². The molecule has 120 valence electrons. The topological polar surface area (TPSA) is 75.2 Å². The van der Waals surface area contributed by atoms with E-state index in [0.717, 1.165) is 27.4 Å². The molecule has 23 heavy (non-hydrogen) atoms.